The van der Waals surface area contributed by atoms with Crippen molar-refractivity contribution in [3.05, 3.63) is 41.1 Å². The second kappa shape index (κ2) is 12.7. The molecule has 1 aliphatic rings. The Bertz CT molecular complexity index is 900. The third-order valence-corrected chi connectivity index (χ3v) is 6.76. The molecule has 0 bridgehead atoms. The lowest BCUT2D eigenvalue weighted by Crippen LogP contribution is -2.15. The molecule has 0 spiro atoms. The molecular formula is C25H37N5OS. The van der Waals surface area contributed by atoms with Crippen LogP contribution in [0.4, 0.5) is 11.8 Å². The van der Waals surface area contributed by atoms with Crippen molar-refractivity contribution in [1.29, 1.82) is 0 Å². The maximum Gasteiger partial charge on any atom is 0.224 e. The summed E-state index contributed by atoms with van der Waals surface area (Å²) in [5.74, 6) is 2.57. The van der Waals surface area contributed by atoms with Gasteiger partial charge in [0.2, 0.25) is 5.95 Å². The standard InChI is InChI=1S/C25H37N5OS/c1-4-6-7-8-9-10-21-16-27-24(32-21)22-18(3)29-25(28-15-20-11-12-20)30-23(22)26-14-13-19(5-2)17-31/h6-9,16,19-20,31H,4-5,10-15,17H2,1-3H3,(H2,26,28,29,30)/b7-6-,9-8?. The zero-order chi connectivity index (χ0) is 22.8. The Kier molecular flexibility index (Phi) is 9.68. The van der Waals surface area contributed by atoms with Crippen LogP contribution in [0.5, 0.6) is 0 Å². The van der Waals surface area contributed by atoms with Gasteiger partial charge in [0.15, 0.2) is 0 Å². The average molecular weight is 456 g/mol. The molecule has 2 aromatic rings. The van der Waals surface area contributed by atoms with Crippen LogP contribution in [-0.4, -0.2) is 39.8 Å². The van der Waals surface area contributed by atoms with Gasteiger partial charge in [-0.1, -0.05) is 44.6 Å². The van der Waals surface area contributed by atoms with E-state index in [1.807, 2.05) is 13.1 Å². The van der Waals surface area contributed by atoms with E-state index in [0.29, 0.717) is 11.9 Å². The number of aliphatic hydroxyl groups excluding tert-OH is 1. The molecule has 3 rings (SSSR count). The SMILES string of the molecule is CC/C=C\C=CCc1cnc(-c2c(C)nc(NCC3CC3)nc2NCCC(CC)CO)s1. The van der Waals surface area contributed by atoms with Gasteiger partial charge in [-0.15, -0.1) is 11.3 Å². The molecule has 1 aliphatic carbocycles. The second-order valence-corrected chi connectivity index (χ2v) is 9.57. The minimum Gasteiger partial charge on any atom is -0.396 e. The van der Waals surface area contributed by atoms with Crippen LogP contribution in [0.1, 0.15) is 56.5 Å². The van der Waals surface area contributed by atoms with E-state index in [-0.39, 0.29) is 6.61 Å². The van der Waals surface area contributed by atoms with Gasteiger partial charge >= 0.3 is 0 Å². The Morgan fingerprint density at radius 1 is 1.19 bits per heavy atom. The predicted octanol–water partition coefficient (Wildman–Crippen LogP) is 5.62. The maximum atomic E-state index is 9.51. The molecule has 0 saturated heterocycles. The van der Waals surface area contributed by atoms with Crippen LogP contribution in [0.15, 0.2) is 30.5 Å². The van der Waals surface area contributed by atoms with Crippen LogP contribution in [0.3, 0.4) is 0 Å². The van der Waals surface area contributed by atoms with Crippen molar-refractivity contribution in [3.8, 4) is 10.6 Å². The molecule has 7 heteroatoms. The third-order valence-electron chi connectivity index (χ3n) is 5.72. The van der Waals surface area contributed by atoms with Gasteiger partial charge < -0.3 is 15.7 Å². The highest BCUT2D eigenvalue weighted by Crippen LogP contribution is 2.34. The van der Waals surface area contributed by atoms with Gasteiger partial charge in [0.05, 0.1) is 11.3 Å². The summed E-state index contributed by atoms with van der Waals surface area (Å²) in [6, 6.07) is 0. The zero-order valence-electron chi connectivity index (χ0n) is 19.6. The number of hydrogen-bond acceptors (Lipinski definition) is 7. The molecule has 0 radical (unpaired) electrons. The largest absolute Gasteiger partial charge is 0.396 e. The summed E-state index contributed by atoms with van der Waals surface area (Å²) in [6.45, 7) is 8.19. The molecule has 1 fully saturated rings. The lowest BCUT2D eigenvalue weighted by Gasteiger charge is -2.16. The van der Waals surface area contributed by atoms with E-state index in [9.17, 15) is 5.11 Å². The number of nitrogens with zero attached hydrogens (tertiary/aromatic N) is 3. The highest BCUT2D eigenvalue weighted by Gasteiger charge is 2.22. The third kappa shape index (κ3) is 7.41. The smallest absolute Gasteiger partial charge is 0.224 e. The molecule has 174 valence electrons. The van der Waals surface area contributed by atoms with Crippen LogP contribution in [0.25, 0.3) is 10.6 Å². The van der Waals surface area contributed by atoms with Crippen molar-refractivity contribution < 1.29 is 5.11 Å². The summed E-state index contributed by atoms with van der Waals surface area (Å²) < 4.78 is 0. The van der Waals surface area contributed by atoms with Crippen molar-refractivity contribution in [3.63, 3.8) is 0 Å². The van der Waals surface area contributed by atoms with E-state index in [4.69, 9.17) is 15.0 Å². The number of thiazole rings is 1. The topological polar surface area (TPSA) is 83.0 Å². The Morgan fingerprint density at radius 3 is 2.72 bits per heavy atom. The number of aliphatic hydroxyl groups is 1. The summed E-state index contributed by atoms with van der Waals surface area (Å²) in [7, 11) is 0. The van der Waals surface area contributed by atoms with E-state index in [2.05, 4.69) is 48.8 Å². The minimum atomic E-state index is 0.221. The maximum absolute atomic E-state index is 9.51. The van der Waals surface area contributed by atoms with Crippen LogP contribution >= 0.6 is 11.3 Å². The van der Waals surface area contributed by atoms with Crippen LogP contribution in [-0.2, 0) is 6.42 Å². The van der Waals surface area contributed by atoms with Gasteiger partial charge in [-0.25, -0.2) is 9.97 Å². The molecule has 0 amide bonds. The van der Waals surface area contributed by atoms with Gasteiger partial charge in [0.1, 0.15) is 10.8 Å². The van der Waals surface area contributed by atoms with Gasteiger partial charge in [0.25, 0.3) is 0 Å². The van der Waals surface area contributed by atoms with Crippen LogP contribution in [0, 0.1) is 18.8 Å². The number of rotatable bonds is 14. The number of anilines is 2. The molecule has 3 N–H and O–H groups in total. The molecular weight excluding hydrogens is 418 g/mol. The first kappa shape index (κ1) is 24.4. The minimum absolute atomic E-state index is 0.221. The normalized spacial score (nSPS) is 15.0. The molecule has 32 heavy (non-hydrogen) atoms. The van der Waals surface area contributed by atoms with Crippen molar-refractivity contribution in [2.45, 2.75) is 59.3 Å². The molecule has 0 aliphatic heterocycles. The van der Waals surface area contributed by atoms with E-state index in [1.54, 1.807) is 11.3 Å². The molecule has 1 saturated carbocycles. The Hall–Kier alpha value is -2.25. The molecule has 0 aromatic carbocycles. The van der Waals surface area contributed by atoms with Crippen molar-refractivity contribution in [2.24, 2.45) is 11.8 Å². The van der Waals surface area contributed by atoms with Crippen LogP contribution in [0.2, 0.25) is 0 Å². The first-order valence-corrected chi connectivity index (χ1v) is 12.7. The predicted molar refractivity (Wildman–Crippen MR) is 135 cm³/mol. The molecule has 1 atom stereocenters. The summed E-state index contributed by atoms with van der Waals surface area (Å²) in [4.78, 5) is 15.5. The Labute approximate surface area is 196 Å². The fourth-order valence-electron chi connectivity index (χ4n) is 3.41. The summed E-state index contributed by atoms with van der Waals surface area (Å²) in [5.41, 5.74) is 1.91. The first-order chi connectivity index (χ1) is 15.6. The average Bonchev–Trinajstić information content (AvgIpc) is 3.52. The van der Waals surface area contributed by atoms with Crippen molar-refractivity contribution in [1.82, 2.24) is 15.0 Å². The lowest BCUT2D eigenvalue weighted by atomic mass is 10.0. The fraction of sp³-hybridized carbons (Fsp3) is 0.560. The van der Waals surface area contributed by atoms with Gasteiger partial charge in [0, 0.05) is 37.2 Å². The number of nitrogens with one attached hydrogen (secondary N) is 2. The van der Waals surface area contributed by atoms with Gasteiger partial charge in [-0.05, 0) is 44.4 Å². The highest BCUT2D eigenvalue weighted by molar-refractivity contribution is 7.15. The van der Waals surface area contributed by atoms with Crippen molar-refractivity contribution in [2.75, 3.05) is 30.3 Å². The Balaban J connectivity index is 1.77. The van der Waals surface area contributed by atoms with E-state index >= 15 is 0 Å². The quantitative estimate of drug-likeness (QED) is 0.321. The summed E-state index contributed by atoms with van der Waals surface area (Å²) in [5, 5.41) is 17.4. The first-order valence-electron chi connectivity index (χ1n) is 11.9. The van der Waals surface area contributed by atoms with Gasteiger partial charge in [-0.2, -0.15) is 4.98 Å². The second-order valence-electron chi connectivity index (χ2n) is 8.45. The number of aromatic nitrogens is 3. The highest BCUT2D eigenvalue weighted by atomic mass is 32.1. The summed E-state index contributed by atoms with van der Waals surface area (Å²) in [6.07, 6.45) is 16.8. The van der Waals surface area contributed by atoms with E-state index in [1.165, 1.54) is 17.7 Å². The summed E-state index contributed by atoms with van der Waals surface area (Å²) >= 11 is 1.69. The van der Waals surface area contributed by atoms with Gasteiger partial charge in [-0.3, -0.25) is 0 Å². The van der Waals surface area contributed by atoms with Crippen LogP contribution < -0.4 is 10.6 Å². The lowest BCUT2D eigenvalue weighted by molar-refractivity contribution is 0.217. The fourth-order valence-corrected chi connectivity index (χ4v) is 4.39. The molecule has 6 nitrogen and oxygen atoms in total. The molecule has 2 heterocycles. The van der Waals surface area contributed by atoms with Crippen molar-refractivity contribution >= 4 is 23.1 Å². The number of allylic oxidation sites excluding steroid dienone is 4. The Morgan fingerprint density at radius 2 is 2.00 bits per heavy atom. The van der Waals surface area contributed by atoms with E-state index in [0.717, 1.165) is 66.8 Å². The number of hydrogen-bond donors (Lipinski definition) is 3. The zero-order valence-corrected chi connectivity index (χ0v) is 20.4. The molecule has 1 unspecified atom stereocenters. The monoisotopic (exact) mass is 455 g/mol. The number of aryl methyl sites for hydroxylation is 1. The van der Waals surface area contributed by atoms with E-state index < -0.39 is 0 Å². The molecule has 2 aromatic heterocycles.